The summed E-state index contributed by atoms with van der Waals surface area (Å²) in [4.78, 5) is 11.4. The van der Waals surface area contributed by atoms with Gasteiger partial charge in [-0.3, -0.25) is 0 Å². The summed E-state index contributed by atoms with van der Waals surface area (Å²) in [5, 5.41) is 12.2. The molecule has 1 aliphatic carbocycles. The van der Waals surface area contributed by atoms with Crippen LogP contribution in [0.4, 0.5) is 4.79 Å². The Balaban J connectivity index is 0.00000225. The Labute approximate surface area is 97.1 Å². The van der Waals surface area contributed by atoms with Crippen molar-refractivity contribution >= 4 is 6.09 Å². The van der Waals surface area contributed by atoms with Crippen LogP contribution in [-0.2, 0) is 4.74 Å². The van der Waals surface area contributed by atoms with Crippen LogP contribution in [-0.4, -0.2) is 28.9 Å². The molecule has 1 fully saturated rings. The molecule has 1 amide bonds. The summed E-state index contributed by atoms with van der Waals surface area (Å²) in [6, 6.07) is 0.0589. The third-order valence-corrected chi connectivity index (χ3v) is 2.37. The fourth-order valence-electron chi connectivity index (χ4n) is 1.77. The molecule has 0 bridgehead atoms. The predicted molar refractivity (Wildman–Crippen MR) is 62.7 cm³/mol. The molecular weight excluding hydrogens is 208 g/mol. The van der Waals surface area contributed by atoms with Gasteiger partial charge in [-0.1, -0.05) is 0 Å². The topological polar surface area (TPSA) is 93.6 Å². The summed E-state index contributed by atoms with van der Waals surface area (Å²) in [5.74, 6) is 0. The number of carbonyl (C=O) groups excluding carboxylic acids is 1. The van der Waals surface area contributed by atoms with Gasteiger partial charge in [-0.15, -0.1) is 0 Å². The summed E-state index contributed by atoms with van der Waals surface area (Å²) in [5.41, 5.74) is -0.461. The van der Waals surface area contributed by atoms with E-state index in [0.717, 1.165) is 19.3 Å². The molecule has 0 heterocycles. The van der Waals surface area contributed by atoms with Crippen molar-refractivity contribution in [3.63, 3.8) is 0 Å². The Morgan fingerprint density at radius 3 is 2.50 bits per heavy atom. The number of alkyl carbamates (subject to hydrolysis) is 1. The number of ether oxygens (including phenoxy) is 1. The molecule has 1 saturated carbocycles. The molecule has 0 saturated heterocycles. The van der Waals surface area contributed by atoms with Gasteiger partial charge in [0, 0.05) is 6.04 Å². The van der Waals surface area contributed by atoms with Gasteiger partial charge in [0.15, 0.2) is 0 Å². The number of hydrogen-bond donors (Lipinski definition) is 3. The van der Waals surface area contributed by atoms with Gasteiger partial charge in [0.1, 0.15) is 5.60 Å². The van der Waals surface area contributed by atoms with Gasteiger partial charge >= 0.3 is 6.09 Å². The molecule has 1 rings (SSSR count). The van der Waals surface area contributed by atoms with Crippen molar-refractivity contribution in [3.05, 3.63) is 0 Å². The molecule has 0 radical (unpaired) electrons. The molecule has 5 nitrogen and oxygen atoms in total. The standard InChI is InChI=1S/C11H21NO3.H3N/c1-11(2,3)15-10(14)12-8-5-4-6-9(13)7-8;/h8-9,13H,4-7H2,1-3H3,(H,12,14);1H3. The quantitative estimate of drug-likeness (QED) is 0.644. The van der Waals surface area contributed by atoms with Gasteiger partial charge in [0.25, 0.3) is 0 Å². The van der Waals surface area contributed by atoms with Crippen LogP contribution in [0.3, 0.4) is 0 Å². The first-order chi connectivity index (χ1) is 6.87. The van der Waals surface area contributed by atoms with Crippen molar-refractivity contribution in [1.82, 2.24) is 11.5 Å². The normalized spacial score (nSPS) is 25.5. The van der Waals surface area contributed by atoms with E-state index >= 15 is 0 Å². The third-order valence-electron chi connectivity index (χ3n) is 2.37. The molecule has 1 aliphatic rings. The second-order valence-electron chi connectivity index (χ2n) is 5.16. The van der Waals surface area contributed by atoms with Crippen molar-refractivity contribution in [2.45, 2.75) is 64.2 Å². The molecule has 0 aromatic rings. The summed E-state index contributed by atoms with van der Waals surface area (Å²) in [6.45, 7) is 5.51. The summed E-state index contributed by atoms with van der Waals surface area (Å²) < 4.78 is 5.14. The Morgan fingerprint density at radius 1 is 1.38 bits per heavy atom. The minimum Gasteiger partial charge on any atom is -0.444 e. The van der Waals surface area contributed by atoms with Gasteiger partial charge in [0.2, 0.25) is 0 Å². The average Bonchev–Trinajstić information content (AvgIpc) is 1.99. The minimum absolute atomic E-state index is 0. The van der Waals surface area contributed by atoms with Crippen molar-refractivity contribution in [1.29, 1.82) is 0 Å². The highest BCUT2D eigenvalue weighted by Crippen LogP contribution is 2.18. The van der Waals surface area contributed by atoms with Crippen molar-refractivity contribution in [3.8, 4) is 0 Å². The number of nitrogens with one attached hydrogen (secondary N) is 1. The molecule has 2 unspecified atom stereocenters. The number of aliphatic hydroxyl groups is 1. The molecule has 0 aromatic carbocycles. The van der Waals surface area contributed by atoms with Crippen LogP contribution in [0.2, 0.25) is 0 Å². The zero-order valence-electron chi connectivity index (χ0n) is 10.5. The Kier molecular flexibility index (Phi) is 5.75. The van der Waals surface area contributed by atoms with Gasteiger partial charge in [-0.05, 0) is 46.5 Å². The van der Waals surface area contributed by atoms with Gasteiger partial charge < -0.3 is 21.3 Å². The van der Waals surface area contributed by atoms with Crippen molar-refractivity contribution < 1.29 is 14.6 Å². The number of amides is 1. The molecule has 2 atom stereocenters. The molecule has 0 aliphatic heterocycles. The largest absolute Gasteiger partial charge is 0.444 e. The van der Waals surface area contributed by atoms with Gasteiger partial charge in [-0.25, -0.2) is 4.79 Å². The number of aliphatic hydroxyl groups excluding tert-OH is 1. The van der Waals surface area contributed by atoms with E-state index in [0.29, 0.717) is 6.42 Å². The first-order valence-corrected chi connectivity index (χ1v) is 5.54. The van der Waals surface area contributed by atoms with Crippen molar-refractivity contribution in [2.24, 2.45) is 0 Å². The maximum Gasteiger partial charge on any atom is 0.407 e. The van der Waals surface area contributed by atoms with Crippen LogP contribution in [0.25, 0.3) is 0 Å². The smallest absolute Gasteiger partial charge is 0.407 e. The lowest BCUT2D eigenvalue weighted by molar-refractivity contribution is 0.0451. The monoisotopic (exact) mass is 232 g/mol. The van der Waals surface area contributed by atoms with Crippen LogP contribution < -0.4 is 11.5 Å². The maximum atomic E-state index is 11.4. The molecule has 96 valence electrons. The highest BCUT2D eigenvalue weighted by atomic mass is 16.6. The fraction of sp³-hybridized carbons (Fsp3) is 0.909. The van der Waals surface area contributed by atoms with Crippen LogP contribution in [0, 0.1) is 0 Å². The zero-order valence-corrected chi connectivity index (χ0v) is 10.5. The van der Waals surface area contributed by atoms with Gasteiger partial charge in [-0.2, -0.15) is 0 Å². The highest BCUT2D eigenvalue weighted by molar-refractivity contribution is 5.68. The molecule has 0 aromatic heterocycles. The molecule has 0 spiro atoms. The number of carbonyl (C=O) groups is 1. The zero-order chi connectivity index (χ0) is 11.5. The summed E-state index contributed by atoms with van der Waals surface area (Å²) >= 11 is 0. The van der Waals surface area contributed by atoms with E-state index < -0.39 is 5.60 Å². The number of hydrogen-bond acceptors (Lipinski definition) is 4. The third kappa shape index (κ3) is 5.92. The van der Waals surface area contributed by atoms with Crippen LogP contribution in [0.15, 0.2) is 0 Å². The molecular formula is C11H24N2O3. The molecule has 5 heteroatoms. The second kappa shape index (κ2) is 6.06. The van der Waals surface area contributed by atoms with E-state index in [4.69, 9.17) is 4.74 Å². The summed E-state index contributed by atoms with van der Waals surface area (Å²) in [7, 11) is 0. The van der Waals surface area contributed by atoms with Crippen molar-refractivity contribution in [2.75, 3.05) is 0 Å². The fourth-order valence-corrected chi connectivity index (χ4v) is 1.77. The maximum absolute atomic E-state index is 11.4. The van der Waals surface area contributed by atoms with E-state index in [1.807, 2.05) is 20.8 Å². The van der Waals surface area contributed by atoms with E-state index in [9.17, 15) is 9.90 Å². The van der Waals surface area contributed by atoms with E-state index in [1.54, 1.807) is 0 Å². The lowest BCUT2D eigenvalue weighted by Crippen LogP contribution is -2.42. The molecule has 16 heavy (non-hydrogen) atoms. The highest BCUT2D eigenvalue weighted by Gasteiger charge is 2.24. The van der Waals surface area contributed by atoms with Gasteiger partial charge in [0.05, 0.1) is 6.10 Å². The summed E-state index contributed by atoms with van der Waals surface area (Å²) in [6.07, 6.45) is 2.70. The second-order valence-corrected chi connectivity index (χ2v) is 5.16. The SMILES string of the molecule is CC(C)(C)OC(=O)NC1CCCC(O)C1.N. The Hall–Kier alpha value is -0.810. The first-order valence-electron chi connectivity index (χ1n) is 5.54. The van der Waals surface area contributed by atoms with E-state index in [-0.39, 0.29) is 24.4 Å². The lowest BCUT2D eigenvalue weighted by Gasteiger charge is -2.28. The Bertz CT molecular complexity index is 226. The number of rotatable bonds is 1. The van der Waals surface area contributed by atoms with Crippen LogP contribution >= 0.6 is 0 Å². The Morgan fingerprint density at radius 2 is 2.00 bits per heavy atom. The lowest BCUT2D eigenvalue weighted by atomic mass is 9.93. The van der Waals surface area contributed by atoms with E-state index in [2.05, 4.69) is 5.32 Å². The first kappa shape index (κ1) is 15.2. The van der Waals surface area contributed by atoms with Crippen LogP contribution in [0.5, 0.6) is 0 Å². The van der Waals surface area contributed by atoms with E-state index in [1.165, 1.54) is 0 Å². The minimum atomic E-state index is -0.461. The molecule has 5 N–H and O–H groups in total. The predicted octanol–water partition coefficient (Wildman–Crippen LogP) is 1.98. The van der Waals surface area contributed by atoms with Crippen LogP contribution in [0.1, 0.15) is 46.5 Å². The average molecular weight is 232 g/mol.